The van der Waals surface area contributed by atoms with Gasteiger partial charge in [-0.15, -0.1) is 0 Å². The number of rotatable bonds is 8. The minimum Gasteiger partial charge on any atom is -0.370 e. The summed E-state index contributed by atoms with van der Waals surface area (Å²) < 4.78 is 0. The molecule has 0 aliphatic carbocycles. The average Bonchev–Trinajstić information content (AvgIpc) is 2.70. The van der Waals surface area contributed by atoms with Crippen LogP contribution in [0.2, 0.25) is 0 Å². The van der Waals surface area contributed by atoms with Gasteiger partial charge in [0.1, 0.15) is 6.04 Å². The first-order valence-electron chi connectivity index (χ1n) is 6.29. The number of carbonyl (C=O) groups excluding carboxylic acids is 4. The van der Waals surface area contributed by atoms with Crippen molar-refractivity contribution in [2.45, 2.75) is 19.4 Å². The molecule has 110 valence electrons. The number of carbonyl (C=O) groups is 4. The van der Waals surface area contributed by atoms with Gasteiger partial charge in [-0.1, -0.05) is 6.92 Å². The Morgan fingerprint density at radius 3 is 2.40 bits per heavy atom. The van der Waals surface area contributed by atoms with E-state index in [9.17, 15) is 19.2 Å². The fourth-order valence-corrected chi connectivity index (χ4v) is 1.73. The Morgan fingerprint density at radius 1 is 1.30 bits per heavy atom. The molecule has 0 saturated heterocycles. The number of hydrogen-bond donors (Lipinski definition) is 3. The third kappa shape index (κ3) is 4.16. The number of amides is 4. The normalized spacial score (nSPS) is 15.6. The molecule has 0 spiro atoms. The predicted molar refractivity (Wildman–Crippen MR) is 70.1 cm³/mol. The topological polar surface area (TPSA) is 122 Å². The number of nitrogens with one attached hydrogen (secondary N) is 2. The molecule has 1 aliphatic rings. The maximum atomic E-state index is 12.0. The lowest BCUT2D eigenvalue weighted by Crippen LogP contribution is -2.54. The molecule has 1 atom stereocenters. The van der Waals surface area contributed by atoms with E-state index in [0.29, 0.717) is 6.54 Å². The number of primary amides is 1. The Balaban J connectivity index is 2.68. The Labute approximate surface area is 116 Å². The molecule has 4 N–H and O–H groups in total. The van der Waals surface area contributed by atoms with Crippen LogP contribution in [0.25, 0.3) is 0 Å². The molecular formula is C12H18N4O4. The largest absolute Gasteiger partial charge is 0.370 e. The molecule has 8 heteroatoms. The SMILES string of the molecule is CCNCC(C(=O)NCCC(N)=O)N1C(=O)C=CC1=O. The Kier molecular flexibility index (Phi) is 5.85. The zero-order valence-electron chi connectivity index (χ0n) is 11.2. The summed E-state index contributed by atoms with van der Waals surface area (Å²) in [6, 6.07) is -0.946. The lowest BCUT2D eigenvalue weighted by molar-refractivity contribution is -0.145. The highest BCUT2D eigenvalue weighted by molar-refractivity contribution is 6.15. The van der Waals surface area contributed by atoms with Crippen molar-refractivity contribution in [3.05, 3.63) is 12.2 Å². The molecule has 20 heavy (non-hydrogen) atoms. The second kappa shape index (κ2) is 7.39. The molecule has 4 amide bonds. The second-order valence-electron chi connectivity index (χ2n) is 4.21. The number of imide groups is 1. The van der Waals surface area contributed by atoms with Crippen molar-refractivity contribution >= 4 is 23.6 Å². The standard InChI is InChI=1S/C12H18N4O4/c1-2-14-7-8(12(20)15-6-5-9(13)17)16-10(18)3-4-11(16)19/h3-4,8,14H,2,5-7H2,1H3,(H2,13,17)(H,15,20). The highest BCUT2D eigenvalue weighted by Gasteiger charge is 2.35. The van der Waals surface area contributed by atoms with E-state index in [0.717, 1.165) is 17.1 Å². The molecule has 0 aromatic carbocycles. The van der Waals surface area contributed by atoms with Crippen molar-refractivity contribution in [3.8, 4) is 0 Å². The van der Waals surface area contributed by atoms with Gasteiger partial charge in [0.2, 0.25) is 11.8 Å². The number of nitrogens with zero attached hydrogens (tertiary/aromatic N) is 1. The van der Waals surface area contributed by atoms with E-state index in [4.69, 9.17) is 5.73 Å². The maximum absolute atomic E-state index is 12.0. The second-order valence-corrected chi connectivity index (χ2v) is 4.21. The highest BCUT2D eigenvalue weighted by Crippen LogP contribution is 2.09. The van der Waals surface area contributed by atoms with E-state index >= 15 is 0 Å². The smallest absolute Gasteiger partial charge is 0.254 e. The van der Waals surface area contributed by atoms with Crippen LogP contribution >= 0.6 is 0 Å². The van der Waals surface area contributed by atoms with Crippen molar-refractivity contribution in [1.29, 1.82) is 0 Å². The molecule has 0 bridgehead atoms. The molecule has 8 nitrogen and oxygen atoms in total. The molecule has 0 radical (unpaired) electrons. The van der Waals surface area contributed by atoms with Gasteiger partial charge in [-0.25, -0.2) is 0 Å². The summed E-state index contributed by atoms with van der Waals surface area (Å²) in [5.74, 6) is -2.09. The lowest BCUT2D eigenvalue weighted by Gasteiger charge is -2.25. The molecule has 0 saturated carbocycles. The van der Waals surface area contributed by atoms with Gasteiger partial charge in [-0.3, -0.25) is 24.1 Å². The van der Waals surface area contributed by atoms with Crippen molar-refractivity contribution in [2.24, 2.45) is 5.73 Å². The fourth-order valence-electron chi connectivity index (χ4n) is 1.73. The van der Waals surface area contributed by atoms with E-state index in [-0.39, 0.29) is 19.5 Å². The zero-order chi connectivity index (χ0) is 15.1. The maximum Gasteiger partial charge on any atom is 0.254 e. The van der Waals surface area contributed by atoms with Gasteiger partial charge in [0, 0.05) is 31.7 Å². The van der Waals surface area contributed by atoms with E-state index in [1.165, 1.54) is 0 Å². The van der Waals surface area contributed by atoms with Gasteiger partial charge in [0.15, 0.2) is 0 Å². The van der Waals surface area contributed by atoms with Crippen LogP contribution in [0.5, 0.6) is 0 Å². The first-order valence-corrected chi connectivity index (χ1v) is 6.29. The number of nitrogens with two attached hydrogens (primary N) is 1. The number of likely N-dealkylation sites (N-methyl/N-ethyl adjacent to an activating group) is 1. The van der Waals surface area contributed by atoms with Crippen LogP contribution in [-0.4, -0.2) is 54.2 Å². The monoisotopic (exact) mass is 282 g/mol. The number of hydrogen-bond acceptors (Lipinski definition) is 5. The summed E-state index contributed by atoms with van der Waals surface area (Å²) in [4.78, 5) is 46.8. The van der Waals surface area contributed by atoms with Crippen LogP contribution in [0.1, 0.15) is 13.3 Å². The highest BCUT2D eigenvalue weighted by atomic mass is 16.2. The van der Waals surface area contributed by atoms with Crippen LogP contribution in [0, 0.1) is 0 Å². The third-order valence-electron chi connectivity index (χ3n) is 2.72. The summed E-state index contributed by atoms with van der Waals surface area (Å²) >= 11 is 0. The molecule has 1 unspecified atom stereocenters. The molecule has 0 aromatic rings. The van der Waals surface area contributed by atoms with Crippen molar-refractivity contribution in [1.82, 2.24) is 15.5 Å². The minimum atomic E-state index is -0.946. The predicted octanol–water partition coefficient (Wildman–Crippen LogP) is -2.12. The van der Waals surface area contributed by atoms with Gasteiger partial charge in [0.25, 0.3) is 11.8 Å². The fraction of sp³-hybridized carbons (Fsp3) is 0.500. The molecule has 1 aliphatic heterocycles. The quantitative estimate of drug-likeness (QED) is 0.439. The van der Waals surface area contributed by atoms with Crippen molar-refractivity contribution in [2.75, 3.05) is 19.6 Å². The van der Waals surface area contributed by atoms with E-state index in [2.05, 4.69) is 10.6 Å². The first kappa shape index (κ1) is 15.8. The van der Waals surface area contributed by atoms with E-state index < -0.39 is 29.7 Å². The van der Waals surface area contributed by atoms with Gasteiger partial charge in [0.05, 0.1) is 0 Å². The van der Waals surface area contributed by atoms with Crippen LogP contribution in [-0.2, 0) is 19.2 Å². The van der Waals surface area contributed by atoms with Crippen LogP contribution in [0.3, 0.4) is 0 Å². The summed E-state index contributed by atoms with van der Waals surface area (Å²) in [7, 11) is 0. The molecule has 0 fully saturated rings. The Morgan fingerprint density at radius 2 is 1.90 bits per heavy atom. The summed E-state index contributed by atoms with van der Waals surface area (Å²) in [5, 5.41) is 5.41. The zero-order valence-corrected chi connectivity index (χ0v) is 11.2. The van der Waals surface area contributed by atoms with E-state index in [1.807, 2.05) is 6.92 Å². The van der Waals surface area contributed by atoms with Crippen molar-refractivity contribution in [3.63, 3.8) is 0 Å². The average molecular weight is 282 g/mol. The first-order chi connectivity index (χ1) is 9.47. The van der Waals surface area contributed by atoms with Gasteiger partial charge >= 0.3 is 0 Å². The van der Waals surface area contributed by atoms with Crippen LogP contribution in [0.15, 0.2) is 12.2 Å². The minimum absolute atomic E-state index is 0.000189. The molecular weight excluding hydrogens is 264 g/mol. The summed E-state index contributed by atoms with van der Waals surface area (Å²) in [6.45, 7) is 2.65. The summed E-state index contributed by atoms with van der Waals surface area (Å²) in [5.41, 5.74) is 4.97. The van der Waals surface area contributed by atoms with E-state index in [1.54, 1.807) is 0 Å². The van der Waals surface area contributed by atoms with Gasteiger partial charge in [-0.2, -0.15) is 0 Å². The lowest BCUT2D eigenvalue weighted by atomic mass is 10.2. The van der Waals surface area contributed by atoms with Crippen molar-refractivity contribution < 1.29 is 19.2 Å². The molecule has 1 heterocycles. The third-order valence-corrected chi connectivity index (χ3v) is 2.72. The Bertz CT molecular complexity index is 429. The molecule has 1 rings (SSSR count). The summed E-state index contributed by atoms with van der Waals surface area (Å²) in [6.07, 6.45) is 2.25. The van der Waals surface area contributed by atoms with Gasteiger partial charge in [-0.05, 0) is 6.54 Å². The Hall–Kier alpha value is -2.22. The van der Waals surface area contributed by atoms with Crippen LogP contribution in [0.4, 0.5) is 0 Å². The van der Waals surface area contributed by atoms with Gasteiger partial charge < -0.3 is 16.4 Å². The molecule has 0 aromatic heterocycles. The van der Waals surface area contributed by atoms with Crippen LogP contribution < -0.4 is 16.4 Å².